The van der Waals surface area contributed by atoms with E-state index in [1.165, 1.54) is 16.3 Å². The molecule has 1 aliphatic heterocycles. The molecule has 0 spiro atoms. The monoisotopic (exact) mass is 361 g/mol. The number of amides is 1. The third-order valence-corrected chi connectivity index (χ3v) is 5.12. The topological polar surface area (TPSA) is 47.6 Å². The Morgan fingerprint density at radius 2 is 2.00 bits per heavy atom. The molecular weight excluding hydrogens is 338 g/mol. The first-order valence-electron chi connectivity index (χ1n) is 9.28. The predicted octanol–water partition coefficient (Wildman–Crippen LogP) is 3.76. The summed E-state index contributed by atoms with van der Waals surface area (Å²) in [6.45, 7) is 1.03. The van der Waals surface area contributed by atoms with Crippen molar-refractivity contribution >= 4 is 16.7 Å². The number of methoxy groups -OCH3 is 1. The molecule has 1 N–H and O–H groups in total. The number of ether oxygens (including phenoxy) is 2. The van der Waals surface area contributed by atoms with Gasteiger partial charge in [0.1, 0.15) is 18.1 Å². The summed E-state index contributed by atoms with van der Waals surface area (Å²) < 4.78 is 11.0. The van der Waals surface area contributed by atoms with Gasteiger partial charge in [-0.25, -0.2) is 0 Å². The van der Waals surface area contributed by atoms with E-state index >= 15 is 0 Å². The van der Waals surface area contributed by atoms with E-state index < -0.39 is 0 Å². The fraction of sp³-hybridized carbons (Fsp3) is 0.261. The van der Waals surface area contributed by atoms with Crippen LogP contribution in [0.1, 0.15) is 11.1 Å². The standard InChI is InChI=1S/C23H23NO3/c1-26-20-10-9-18-13-19(15-27-22(18)14-20)23(25)24-12-11-17-7-4-6-16-5-2-3-8-21(16)17/h2-10,14,19H,11-13,15H2,1H3,(H,24,25). The first kappa shape index (κ1) is 17.4. The van der Waals surface area contributed by atoms with Crippen molar-refractivity contribution in [3.8, 4) is 11.5 Å². The van der Waals surface area contributed by atoms with Gasteiger partial charge in [-0.2, -0.15) is 0 Å². The molecule has 0 aliphatic carbocycles. The Balaban J connectivity index is 1.36. The Labute approximate surface area is 159 Å². The molecule has 1 amide bonds. The van der Waals surface area contributed by atoms with Gasteiger partial charge in [0.15, 0.2) is 0 Å². The Morgan fingerprint density at radius 3 is 2.89 bits per heavy atom. The SMILES string of the molecule is COc1ccc2c(c1)OCC(C(=O)NCCc1cccc3ccccc13)C2. The van der Waals surface area contributed by atoms with E-state index in [4.69, 9.17) is 9.47 Å². The third-order valence-electron chi connectivity index (χ3n) is 5.12. The second kappa shape index (κ2) is 7.70. The van der Waals surface area contributed by atoms with Crippen molar-refractivity contribution in [3.63, 3.8) is 0 Å². The number of carbonyl (C=O) groups is 1. The Kier molecular flexibility index (Phi) is 4.97. The molecule has 138 valence electrons. The van der Waals surface area contributed by atoms with Gasteiger partial charge < -0.3 is 14.8 Å². The molecular formula is C23H23NO3. The number of rotatable bonds is 5. The lowest BCUT2D eigenvalue weighted by atomic mass is 9.95. The summed E-state index contributed by atoms with van der Waals surface area (Å²) in [6, 6.07) is 20.4. The van der Waals surface area contributed by atoms with Crippen LogP contribution >= 0.6 is 0 Å². The van der Waals surface area contributed by atoms with Gasteiger partial charge in [-0.05, 0) is 40.8 Å². The summed E-state index contributed by atoms with van der Waals surface area (Å²) in [4.78, 5) is 12.6. The highest BCUT2D eigenvalue weighted by Gasteiger charge is 2.26. The van der Waals surface area contributed by atoms with Crippen LogP contribution in [0.2, 0.25) is 0 Å². The zero-order valence-electron chi connectivity index (χ0n) is 15.4. The zero-order chi connectivity index (χ0) is 18.6. The van der Waals surface area contributed by atoms with E-state index in [2.05, 4.69) is 41.7 Å². The largest absolute Gasteiger partial charge is 0.497 e. The van der Waals surface area contributed by atoms with E-state index in [1.807, 2.05) is 24.3 Å². The number of hydrogen-bond donors (Lipinski definition) is 1. The van der Waals surface area contributed by atoms with Crippen LogP contribution in [0.3, 0.4) is 0 Å². The molecule has 0 fully saturated rings. The van der Waals surface area contributed by atoms with Crippen LogP contribution in [-0.4, -0.2) is 26.2 Å². The van der Waals surface area contributed by atoms with Crippen LogP contribution in [0.5, 0.6) is 11.5 Å². The summed E-state index contributed by atoms with van der Waals surface area (Å²) in [5.41, 5.74) is 2.31. The molecule has 1 atom stereocenters. The summed E-state index contributed by atoms with van der Waals surface area (Å²) in [5.74, 6) is 1.48. The fourth-order valence-electron chi connectivity index (χ4n) is 3.62. The van der Waals surface area contributed by atoms with Crippen molar-refractivity contribution in [1.82, 2.24) is 5.32 Å². The lowest BCUT2D eigenvalue weighted by Gasteiger charge is -2.25. The van der Waals surface area contributed by atoms with E-state index in [0.717, 1.165) is 23.5 Å². The Hall–Kier alpha value is -3.01. The first-order valence-corrected chi connectivity index (χ1v) is 9.28. The average molecular weight is 361 g/mol. The van der Waals surface area contributed by atoms with Gasteiger partial charge in [0, 0.05) is 12.6 Å². The number of benzene rings is 3. The van der Waals surface area contributed by atoms with Gasteiger partial charge in [-0.1, -0.05) is 48.5 Å². The van der Waals surface area contributed by atoms with Gasteiger partial charge in [-0.15, -0.1) is 0 Å². The van der Waals surface area contributed by atoms with Crippen molar-refractivity contribution in [1.29, 1.82) is 0 Å². The fourth-order valence-corrected chi connectivity index (χ4v) is 3.62. The molecule has 0 saturated heterocycles. The first-order chi connectivity index (χ1) is 13.2. The lowest BCUT2D eigenvalue weighted by molar-refractivity contribution is -0.126. The van der Waals surface area contributed by atoms with E-state index in [-0.39, 0.29) is 11.8 Å². The third kappa shape index (κ3) is 3.75. The molecule has 3 aromatic rings. The van der Waals surface area contributed by atoms with Crippen LogP contribution in [0, 0.1) is 5.92 Å². The average Bonchev–Trinajstić information content (AvgIpc) is 2.73. The van der Waals surface area contributed by atoms with Crippen LogP contribution in [-0.2, 0) is 17.6 Å². The smallest absolute Gasteiger partial charge is 0.226 e. The Morgan fingerprint density at radius 1 is 1.15 bits per heavy atom. The second-order valence-electron chi connectivity index (χ2n) is 6.87. The van der Waals surface area contributed by atoms with Crippen LogP contribution in [0.15, 0.2) is 60.7 Å². The highest BCUT2D eigenvalue weighted by atomic mass is 16.5. The van der Waals surface area contributed by atoms with E-state index in [1.54, 1.807) is 7.11 Å². The molecule has 1 aliphatic rings. The van der Waals surface area contributed by atoms with Gasteiger partial charge in [-0.3, -0.25) is 4.79 Å². The molecule has 4 nitrogen and oxygen atoms in total. The van der Waals surface area contributed by atoms with Gasteiger partial charge in [0.05, 0.1) is 13.0 Å². The van der Waals surface area contributed by atoms with Crippen molar-refractivity contribution < 1.29 is 14.3 Å². The Bertz CT molecular complexity index is 961. The lowest BCUT2D eigenvalue weighted by Crippen LogP contribution is -2.38. The molecule has 4 heteroatoms. The van der Waals surface area contributed by atoms with E-state index in [9.17, 15) is 4.79 Å². The normalized spacial score (nSPS) is 15.7. The van der Waals surface area contributed by atoms with Crippen LogP contribution < -0.4 is 14.8 Å². The number of carbonyl (C=O) groups excluding carboxylic acids is 1. The minimum absolute atomic E-state index is 0.0525. The van der Waals surface area contributed by atoms with Gasteiger partial charge >= 0.3 is 0 Å². The number of nitrogens with one attached hydrogen (secondary N) is 1. The highest BCUT2D eigenvalue weighted by Crippen LogP contribution is 2.31. The summed E-state index contributed by atoms with van der Waals surface area (Å²) >= 11 is 0. The van der Waals surface area contributed by atoms with Gasteiger partial charge in [0.25, 0.3) is 0 Å². The molecule has 0 saturated carbocycles. The quantitative estimate of drug-likeness (QED) is 0.753. The summed E-state index contributed by atoms with van der Waals surface area (Å²) in [5, 5.41) is 5.55. The molecule has 0 radical (unpaired) electrons. The van der Waals surface area contributed by atoms with Crippen molar-refractivity contribution in [2.75, 3.05) is 20.3 Å². The highest BCUT2D eigenvalue weighted by molar-refractivity contribution is 5.85. The minimum Gasteiger partial charge on any atom is -0.497 e. The summed E-state index contributed by atoms with van der Waals surface area (Å²) in [7, 11) is 1.64. The molecule has 0 aromatic heterocycles. The maximum Gasteiger partial charge on any atom is 0.226 e. The maximum atomic E-state index is 12.6. The number of fused-ring (bicyclic) bond motifs is 2. The minimum atomic E-state index is -0.154. The molecule has 1 unspecified atom stereocenters. The van der Waals surface area contributed by atoms with Crippen molar-refractivity contribution in [3.05, 3.63) is 71.8 Å². The van der Waals surface area contributed by atoms with E-state index in [0.29, 0.717) is 19.6 Å². The van der Waals surface area contributed by atoms with Crippen molar-refractivity contribution in [2.45, 2.75) is 12.8 Å². The van der Waals surface area contributed by atoms with Crippen LogP contribution in [0.4, 0.5) is 0 Å². The maximum absolute atomic E-state index is 12.6. The molecule has 1 heterocycles. The molecule has 27 heavy (non-hydrogen) atoms. The van der Waals surface area contributed by atoms with Crippen LogP contribution in [0.25, 0.3) is 10.8 Å². The molecule has 3 aromatic carbocycles. The zero-order valence-corrected chi connectivity index (χ0v) is 15.4. The second-order valence-corrected chi connectivity index (χ2v) is 6.87. The molecule has 0 bridgehead atoms. The predicted molar refractivity (Wildman–Crippen MR) is 106 cm³/mol. The summed E-state index contributed by atoms with van der Waals surface area (Å²) in [6.07, 6.45) is 1.51. The van der Waals surface area contributed by atoms with Crippen molar-refractivity contribution in [2.24, 2.45) is 5.92 Å². The number of hydrogen-bond acceptors (Lipinski definition) is 3. The van der Waals surface area contributed by atoms with Gasteiger partial charge in [0.2, 0.25) is 5.91 Å². The molecule has 4 rings (SSSR count).